The summed E-state index contributed by atoms with van der Waals surface area (Å²) >= 11 is 0. The summed E-state index contributed by atoms with van der Waals surface area (Å²) in [6.45, 7) is 4.51. The molecule has 0 atom stereocenters. The van der Waals surface area contributed by atoms with Gasteiger partial charge in [-0.2, -0.15) is 4.90 Å². The molecule has 1 nitrogen and oxygen atoms in total. The van der Waals surface area contributed by atoms with Crippen LogP contribution in [0.5, 0.6) is 0 Å². The Morgan fingerprint density at radius 1 is 1.00 bits per heavy atom. The summed E-state index contributed by atoms with van der Waals surface area (Å²) in [4.78, 5) is 2.34. The van der Waals surface area contributed by atoms with E-state index in [4.69, 9.17) is 0 Å². The first-order valence-electron chi connectivity index (χ1n) is 4.38. The zero-order valence-electron chi connectivity index (χ0n) is 7.85. The fourth-order valence-electron chi connectivity index (χ4n) is 1.33. The Labute approximate surface area is 65.4 Å². The minimum atomic E-state index is 0.815. The molecule has 0 saturated heterocycles. The van der Waals surface area contributed by atoms with E-state index in [1.807, 2.05) is 0 Å². The Kier molecular flexibility index (Phi) is 5.70. The van der Waals surface area contributed by atoms with Crippen molar-refractivity contribution in [2.24, 2.45) is 0 Å². The van der Waals surface area contributed by atoms with Gasteiger partial charge in [0.25, 0.3) is 0 Å². The molecule has 0 aromatic carbocycles. The molecule has 0 rings (SSSR count). The summed E-state index contributed by atoms with van der Waals surface area (Å²) in [5.74, 6) is 0. The lowest BCUT2D eigenvalue weighted by molar-refractivity contribution is 0.364. The minimum Gasteiger partial charge on any atom is -0.173 e. The van der Waals surface area contributed by atoms with E-state index in [1.165, 1.54) is 25.7 Å². The van der Waals surface area contributed by atoms with Gasteiger partial charge in [0, 0.05) is 12.8 Å². The van der Waals surface area contributed by atoms with Crippen LogP contribution in [0.4, 0.5) is 0 Å². The second kappa shape index (κ2) is 5.72. The highest BCUT2D eigenvalue weighted by Gasteiger charge is 2.15. The molecule has 0 heterocycles. The van der Waals surface area contributed by atoms with Crippen molar-refractivity contribution in [3.05, 3.63) is 0 Å². The lowest BCUT2D eigenvalue weighted by Gasteiger charge is -2.13. The van der Waals surface area contributed by atoms with Crippen LogP contribution >= 0.6 is 0 Å². The van der Waals surface area contributed by atoms with Crippen molar-refractivity contribution in [2.75, 3.05) is 14.1 Å². The highest BCUT2D eigenvalue weighted by Crippen LogP contribution is 2.07. The fourth-order valence-corrected chi connectivity index (χ4v) is 1.33. The van der Waals surface area contributed by atoms with Gasteiger partial charge in [-0.15, -0.1) is 0 Å². The first kappa shape index (κ1) is 9.96. The zero-order valence-corrected chi connectivity index (χ0v) is 7.85. The lowest BCUT2D eigenvalue weighted by atomic mass is 10.1. The average molecular weight is 143 g/mol. The summed E-state index contributed by atoms with van der Waals surface area (Å²) < 4.78 is 0. The molecule has 0 unspecified atom stereocenters. The highest BCUT2D eigenvalue weighted by atomic mass is 15.1. The van der Waals surface area contributed by atoms with Crippen LogP contribution in [0.2, 0.25) is 0 Å². The van der Waals surface area contributed by atoms with Crippen molar-refractivity contribution in [1.82, 2.24) is 4.90 Å². The Morgan fingerprint density at radius 3 is 1.60 bits per heavy atom. The molecular formula is C9H21N+. The van der Waals surface area contributed by atoms with Crippen LogP contribution in [0.1, 0.15) is 39.5 Å². The van der Waals surface area contributed by atoms with Gasteiger partial charge in [0.2, 0.25) is 0 Å². The van der Waals surface area contributed by atoms with E-state index in [1.54, 1.807) is 0 Å². The lowest BCUT2D eigenvalue weighted by Crippen LogP contribution is -2.32. The maximum atomic E-state index is 2.34. The number of rotatable bonds is 5. The van der Waals surface area contributed by atoms with Crippen molar-refractivity contribution < 1.29 is 0 Å². The Hall–Kier alpha value is -0.0400. The van der Waals surface area contributed by atoms with Gasteiger partial charge >= 0.3 is 0 Å². The van der Waals surface area contributed by atoms with Gasteiger partial charge in [-0.25, -0.2) is 0 Å². The third-order valence-electron chi connectivity index (χ3n) is 1.97. The van der Waals surface area contributed by atoms with Crippen molar-refractivity contribution in [3.63, 3.8) is 0 Å². The van der Waals surface area contributed by atoms with Crippen LogP contribution in [0, 0.1) is 0 Å². The number of hydrogen-bond acceptors (Lipinski definition) is 1. The van der Waals surface area contributed by atoms with Crippen LogP contribution in [-0.2, 0) is 0 Å². The van der Waals surface area contributed by atoms with Crippen LogP contribution < -0.4 is 4.90 Å². The molecule has 0 bridgehead atoms. The Bertz CT molecular complexity index is 63.1. The molecule has 0 aromatic rings. The molecule has 0 N–H and O–H groups in total. The van der Waals surface area contributed by atoms with E-state index in [0.717, 1.165) is 6.04 Å². The van der Waals surface area contributed by atoms with E-state index >= 15 is 0 Å². The van der Waals surface area contributed by atoms with Crippen LogP contribution in [0.25, 0.3) is 0 Å². The molecule has 0 fully saturated rings. The quantitative estimate of drug-likeness (QED) is 0.521. The molecule has 1 heteroatoms. The van der Waals surface area contributed by atoms with Crippen molar-refractivity contribution >= 4 is 0 Å². The standard InChI is InChI=1S/C9H21N/c1-5-7-9(8-6-2)10(3)4/h9H,5-8H2,1-4H3/q+1. The van der Waals surface area contributed by atoms with Crippen molar-refractivity contribution in [1.29, 1.82) is 0 Å². The van der Waals surface area contributed by atoms with Gasteiger partial charge in [-0.3, -0.25) is 0 Å². The SMILES string of the molecule is CCCC(CCC)[N+](C)C. The second-order valence-corrected chi connectivity index (χ2v) is 3.19. The molecule has 0 aliphatic heterocycles. The first-order chi connectivity index (χ1) is 4.72. The van der Waals surface area contributed by atoms with Crippen LogP contribution in [0.15, 0.2) is 0 Å². The largest absolute Gasteiger partial charge is 0.173 e. The first-order valence-corrected chi connectivity index (χ1v) is 4.38. The Balaban J connectivity index is 3.50. The van der Waals surface area contributed by atoms with Gasteiger partial charge < -0.3 is 0 Å². The van der Waals surface area contributed by atoms with Crippen molar-refractivity contribution in [2.45, 2.75) is 45.6 Å². The zero-order chi connectivity index (χ0) is 7.98. The molecule has 0 aliphatic rings. The predicted octanol–water partition coefficient (Wildman–Crippen LogP) is 2.35. The molecule has 10 heavy (non-hydrogen) atoms. The van der Waals surface area contributed by atoms with E-state index in [9.17, 15) is 0 Å². The van der Waals surface area contributed by atoms with E-state index in [0.29, 0.717) is 0 Å². The maximum absolute atomic E-state index is 2.34. The number of hydrogen-bond donors (Lipinski definition) is 0. The summed E-state index contributed by atoms with van der Waals surface area (Å²) in [7, 11) is 4.35. The summed E-state index contributed by atoms with van der Waals surface area (Å²) in [5.41, 5.74) is 0. The third-order valence-corrected chi connectivity index (χ3v) is 1.97. The highest BCUT2D eigenvalue weighted by molar-refractivity contribution is 4.67. The smallest absolute Gasteiger partial charge is 0.132 e. The molecule has 0 aliphatic carbocycles. The molecule has 0 saturated carbocycles. The second-order valence-electron chi connectivity index (χ2n) is 3.19. The fraction of sp³-hybridized carbons (Fsp3) is 1.00. The molecule has 0 amide bonds. The monoisotopic (exact) mass is 143 g/mol. The predicted molar refractivity (Wildman–Crippen MR) is 47.6 cm³/mol. The topological polar surface area (TPSA) is 5.90 Å². The van der Waals surface area contributed by atoms with Gasteiger partial charge in [-0.1, -0.05) is 26.7 Å². The minimum absolute atomic E-state index is 0.815. The van der Waals surface area contributed by atoms with Gasteiger partial charge in [-0.05, 0) is 0 Å². The van der Waals surface area contributed by atoms with E-state index < -0.39 is 0 Å². The van der Waals surface area contributed by atoms with E-state index in [-0.39, 0.29) is 0 Å². The molecular weight excluding hydrogens is 122 g/mol. The summed E-state index contributed by atoms with van der Waals surface area (Å²) in [5, 5.41) is 0. The molecule has 1 radical (unpaired) electrons. The maximum Gasteiger partial charge on any atom is 0.132 e. The molecule has 0 spiro atoms. The van der Waals surface area contributed by atoms with Crippen LogP contribution in [-0.4, -0.2) is 20.1 Å². The van der Waals surface area contributed by atoms with Gasteiger partial charge in [0.05, 0.1) is 0 Å². The average Bonchev–Trinajstić information content (AvgIpc) is 1.87. The molecule has 0 aromatic heterocycles. The molecule has 61 valence electrons. The summed E-state index contributed by atoms with van der Waals surface area (Å²) in [6, 6.07) is 0.815. The normalized spacial score (nSPS) is 11.4. The third kappa shape index (κ3) is 3.89. The summed E-state index contributed by atoms with van der Waals surface area (Å²) in [6.07, 6.45) is 5.31. The van der Waals surface area contributed by atoms with E-state index in [2.05, 4.69) is 32.8 Å². The van der Waals surface area contributed by atoms with Crippen LogP contribution in [0.3, 0.4) is 0 Å². The van der Waals surface area contributed by atoms with Gasteiger partial charge in [0.1, 0.15) is 20.1 Å². The number of nitrogens with zero attached hydrogens (tertiary/aromatic N) is 1. The van der Waals surface area contributed by atoms with Crippen molar-refractivity contribution in [3.8, 4) is 0 Å². The Morgan fingerprint density at radius 2 is 1.40 bits per heavy atom. The van der Waals surface area contributed by atoms with Gasteiger partial charge in [0.15, 0.2) is 0 Å².